The monoisotopic (exact) mass is 380 g/mol. The predicted molar refractivity (Wildman–Crippen MR) is 131 cm³/mol. The standard InChI is InChI=1S/C30H20/c1-2-7-21(8-3-1)13-14-22-9-4-5-12-26(22)27-19-17-25-16-15-23-10-6-11-24-18-20-28(27)30(25)29(23)24/h1-20H/b14-13+. The van der Waals surface area contributed by atoms with Crippen molar-refractivity contribution in [3.8, 4) is 11.1 Å². The van der Waals surface area contributed by atoms with Crippen LogP contribution in [0.3, 0.4) is 0 Å². The minimum absolute atomic E-state index is 1.21. The first-order valence-electron chi connectivity index (χ1n) is 10.4. The van der Waals surface area contributed by atoms with Crippen LogP contribution in [0.5, 0.6) is 0 Å². The summed E-state index contributed by atoms with van der Waals surface area (Å²) in [4.78, 5) is 0. The molecule has 6 aromatic carbocycles. The van der Waals surface area contributed by atoms with E-state index < -0.39 is 0 Å². The van der Waals surface area contributed by atoms with Crippen LogP contribution in [0.15, 0.2) is 109 Å². The summed E-state index contributed by atoms with van der Waals surface area (Å²) in [6.07, 6.45) is 4.41. The van der Waals surface area contributed by atoms with Gasteiger partial charge < -0.3 is 0 Å². The minimum Gasteiger partial charge on any atom is -0.0622 e. The van der Waals surface area contributed by atoms with Crippen LogP contribution < -0.4 is 0 Å². The molecule has 0 aliphatic rings. The smallest absolute Gasteiger partial charge is 0.00206 e. The van der Waals surface area contributed by atoms with Crippen LogP contribution in [0.2, 0.25) is 0 Å². The molecular formula is C30H20. The van der Waals surface area contributed by atoms with Crippen LogP contribution in [0.25, 0.3) is 55.6 Å². The molecule has 0 N–H and O–H groups in total. The summed E-state index contributed by atoms with van der Waals surface area (Å²) in [5.41, 5.74) is 5.00. The van der Waals surface area contributed by atoms with E-state index in [9.17, 15) is 0 Å². The molecule has 0 saturated carbocycles. The Kier molecular flexibility index (Phi) is 3.89. The maximum atomic E-state index is 2.29. The Balaban J connectivity index is 1.60. The quantitative estimate of drug-likeness (QED) is 0.213. The van der Waals surface area contributed by atoms with Gasteiger partial charge in [0.25, 0.3) is 0 Å². The zero-order valence-corrected chi connectivity index (χ0v) is 16.5. The summed E-state index contributed by atoms with van der Waals surface area (Å²) >= 11 is 0. The van der Waals surface area contributed by atoms with Crippen molar-refractivity contribution < 1.29 is 0 Å². The SMILES string of the molecule is C(=C\c1ccccc1-c1ccc2ccc3cccc4ccc1c2c34)/c1ccccc1. The highest BCUT2D eigenvalue weighted by molar-refractivity contribution is 6.25. The number of hydrogen-bond acceptors (Lipinski definition) is 0. The van der Waals surface area contributed by atoms with Gasteiger partial charge in [-0.3, -0.25) is 0 Å². The molecular weight excluding hydrogens is 360 g/mol. The molecule has 6 aromatic rings. The van der Waals surface area contributed by atoms with Crippen LogP contribution in [-0.2, 0) is 0 Å². The van der Waals surface area contributed by atoms with Gasteiger partial charge in [-0.05, 0) is 54.6 Å². The normalized spacial score (nSPS) is 11.9. The second-order valence-electron chi connectivity index (χ2n) is 7.80. The van der Waals surface area contributed by atoms with Gasteiger partial charge in [-0.2, -0.15) is 0 Å². The molecule has 0 heteroatoms. The van der Waals surface area contributed by atoms with Crippen LogP contribution in [0, 0.1) is 0 Å². The van der Waals surface area contributed by atoms with Gasteiger partial charge in [-0.15, -0.1) is 0 Å². The Morgan fingerprint density at radius 2 is 1.07 bits per heavy atom. The first-order valence-corrected chi connectivity index (χ1v) is 10.4. The molecule has 0 aliphatic heterocycles. The first kappa shape index (κ1) is 17.0. The fraction of sp³-hybridized carbons (Fsp3) is 0. The van der Waals surface area contributed by atoms with E-state index in [0.29, 0.717) is 0 Å². The van der Waals surface area contributed by atoms with E-state index in [1.165, 1.54) is 54.6 Å². The summed E-state index contributed by atoms with van der Waals surface area (Å²) < 4.78 is 0. The van der Waals surface area contributed by atoms with Gasteiger partial charge in [0.2, 0.25) is 0 Å². The Bertz CT molecular complexity index is 1500. The molecule has 0 heterocycles. The maximum Gasteiger partial charge on any atom is -0.00206 e. The summed E-state index contributed by atoms with van der Waals surface area (Å²) in [5.74, 6) is 0. The highest BCUT2D eigenvalue weighted by atomic mass is 14.2. The Hall–Kier alpha value is -3.90. The number of hydrogen-bond donors (Lipinski definition) is 0. The molecule has 0 saturated heterocycles. The zero-order chi connectivity index (χ0) is 19.9. The summed E-state index contributed by atoms with van der Waals surface area (Å²) in [6.45, 7) is 0. The van der Waals surface area contributed by atoms with Crippen LogP contribution >= 0.6 is 0 Å². The fourth-order valence-electron chi connectivity index (χ4n) is 4.61. The molecule has 0 aliphatic carbocycles. The Morgan fingerprint density at radius 3 is 1.90 bits per heavy atom. The lowest BCUT2D eigenvalue weighted by molar-refractivity contribution is 1.62. The van der Waals surface area contributed by atoms with Crippen LogP contribution in [-0.4, -0.2) is 0 Å². The van der Waals surface area contributed by atoms with Crippen molar-refractivity contribution in [2.75, 3.05) is 0 Å². The van der Waals surface area contributed by atoms with E-state index in [0.717, 1.165) is 0 Å². The minimum atomic E-state index is 1.21. The largest absolute Gasteiger partial charge is 0.0622 e. The number of benzene rings is 6. The van der Waals surface area contributed by atoms with Crippen molar-refractivity contribution in [1.29, 1.82) is 0 Å². The van der Waals surface area contributed by atoms with Crippen LogP contribution in [0.4, 0.5) is 0 Å². The first-order chi connectivity index (χ1) is 14.9. The molecule has 6 rings (SSSR count). The third kappa shape index (κ3) is 2.69. The molecule has 0 fully saturated rings. The van der Waals surface area contributed by atoms with E-state index in [4.69, 9.17) is 0 Å². The molecule has 0 unspecified atom stereocenters. The average molecular weight is 380 g/mol. The molecule has 0 amide bonds. The summed E-state index contributed by atoms with van der Waals surface area (Å²) in [6, 6.07) is 39.3. The lowest BCUT2D eigenvalue weighted by Gasteiger charge is -2.15. The van der Waals surface area contributed by atoms with Crippen molar-refractivity contribution in [2.45, 2.75) is 0 Å². The predicted octanol–water partition coefficient (Wildman–Crippen LogP) is 8.42. The third-order valence-corrected chi connectivity index (χ3v) is 6.03. The van der Waals surface area contributed by atoms with Crippen molar-refractivity contribution in [2.24, 2.45) is 0 Å². The third-order valence-electron chi connectivity index (χ3n) is 6.03. The van der Waals surface area contributed by atoms with Crippen molar-refractivity contribution >= 4 is 44.5 Å². The maximum absolute atomic E-state index is 2.29. The van der Waals surface area contributed by atoms with E-state index in [2.05, 4.69) is 121 Å². The highest BCUT2D eigenvalue weighted by Gasteiger charge is 2.13. The van der Waals surface area contributed by atoms with Gasteiger partial charge in [-0.1, -0.05) is 121 Å². The van der Waals surface area contributed by atoms with E-state index >= 15 is 0 Å². The van der Waals surface area contributed by atoms with Gasteiger partial charge in [0.05, 0.1) is 0 Å². The van der Waals surface area contributed by atoms with Gasteiger partial charge in [-0.25, -0.2) is 0 Å². The molecule has 0 atom stereocenters. The van der Waals surface area contributed by atoms with E-state index in [-0.39, 0.29) is 0 Å². The van der Waals surface area contributed by atoms with Crippen molar-refractivity contribution in [1.82, 2.24) is 0 Å². The Labute approximate surface area is 176 Å². The zero-order valence-electron chi connectivity index (χ0n) is 16.5. The summed E-state index contributed by atoms with van der Waals surface area (Å²) in [5, 5.41) is 7.96. The molecule has 140 valence electrons. The molecule has 30 heavy (non-hydrogen) atoms. The molecule has 0 bridgehead atoms. The van der Waals surface area contributed by atoms with Gasteiger partial charge in [0.1, 0.15) is 0 Å². The summed E-state index contributed by atoms with van der Waals surface area (Å²) in [7, 11) is 0. The van der Waals surface area contributed by atoms with E-state index in [1.54, 1.807) is 0 Å². The molecule has 0 spiro atoms. The van der Waals surface area contributed by atoms with Crippen LogP contribution in [0.1, 0.15) is 11.1 Å². The lowest BCUT2D eigenvalue weighted by atomic mass is 9.88. The fourth-order valence-corrected chi connectivity index (χ4v) is 4.61. The number of rotatable bonds is 3. The molecule has 0 radical (unpaired) electrons. The Morgan fingerprint density at radius 1 is 0.400 bits per heavy atom. The molecule has 0 nitrogen and oxygen atoms in total. The van der Waals surface area contributed by atoms with Gasteiger partial charge in [0.15, 0.2) is 0 Å². The lowest BCUT2D eigenvalue weighted by Crippen LogP contribution is -1.89. The van der Waals surface area contributed by atoms with E-state index in [1.807, 2.05) is 0 Å². The van der Waals surface area contributed by atoms with Gasteiger partial charge in [0, 0.05) is 0 Å². The van der Waals surface area contributed by atoms with Crippen molar-refractivity contribution in [3.63, 3.8) is 0 Å². The second-order valence-corrected chi connectivity index (χ2v) is 7.80. The molecule has 0 aromatic heterocycles. The topological polar surface area (TPSA) is 0 Å². The second kappa shape index (κ2) is 6.86. The van der Waals surface area contributed by atoms with Crippen molar-refractivity contribution in [3.05, 3.63) is 120 Å². The average Bonchev–Trinajstić information content (AvgIpc) is 2.82. The van der Waals surface area contributed by atoms with Gasteiger partial charge >= 0.3 is 0 Å². The highest BCUT2D eigenvalue weighted by Crippen LogP contribution is 2.40.